The van der Waals surface area contributed by atoms with E-state index in [0.717, 1.165) is 5.56 Å². The zero-order valence-corrected chi connectivity index (χ0v) is 13.0. The van der Waals surface area contributed by atoms with E-state index < -0.39 is 10.0 Å². The predicted molar refractivity (Wildman–Crippen MR) is 78.1 cm³/mol. The molecule has 1 fully saturated rings. The van der Waals surface area contributed by atoms with E-state index >= 15 is 0 Å². The summed E-state index contributed by atoms with van der Waals surface area (Å²) in [6.45, 7) is 3.50. The maximum absolute atomic E-state index is 12.7. The van der Waals surface area contributed by atoms with Crippen LogP contribution in [0.5, 0.6) is 0 Å². The van der Waals surface area contributed by atoms with Gasteiger partial charge in [-0.2, -0.15) is 4.31 Å². The highest BCUT2D eigenvalue weighted by molar-refractivity contribution is 7.89. The summed E-state index contributed by atoms with van der Waals surface area (Å²) in [4.78, 5) is 0.121. The zero-order chi connectivity index (χ0) is 14.8. The molecule has 7 heteroatoms. The number of hydrogen-bond acceptors (Lipinski definition) is 4. The second-order valence-electron chi connectivity index (χ2n) is 4.87. The molecule has 1 aliphatic rings. The third kappa shape index (κ3) is 3.32. The summed E-state index contributed by atoms with van der Waals surface area (Å²) in [5.41, 5.74) is 6.31. The fraction of sp³-hybridized carbons (Fsp3) is 0.538. The van der Waals surface area contributed by atoms with E-state index in [0.29, 0.717) is 26.1 Å². The number of halogens is 1. The molecule has 2 rings (SSSR count). The minimum Gasteiger partial charge on any atom is -0.377 e. The molecule has 0 saturated carbocycles. The van der Waals surface area contributed by atoms with Crippen LogP contribution in [0.2, 0.25) is 5.02 Å². The van der Waals surface area contributed by atoms with Crippen molar-refractivity contribution < 1.29 is 13.2 Å². The van der Waals surface area contributed by atoms with E-state index in [1.807, 2.05) is 6.92 Å². The topological polar surface area (TPSA) is 72.6 Å². The van der Waals surface area contributed by atoms with E-state index in [9.17, 15) is 8.42 Å². The Labute approximate surface area is 124 Å². The minimum absolute atomic E-state index is 0.121. The number of hydrogen-bond donors (Lipinski definition) is 1. The molecule has 0 aliphatic carbocycles. The number of benzene rings is 1. The smallest absolute Gasteiger partial charge is 0.244 e. The van der Waals surface area contributed by atoms with Gasteiger partial charge in [0.25, 0.3) is 0 Å². The van der Waals surface area contributed by atoms with Crippen molar-refractivity contribution in [1.82, 2.24) is 4.31 Å². The first-order valence-electron chi connectivity index (χ1n) is 6.55. The van der Waals surface area contributed by atoms with Gasteiger partial charge in [0.2, 0.25) is 10.0 Å². The molecule has 1 heterocycles. The van der Waals surface area contributed by atoms with Gasteiger partial charge in [-0.25, -0.2) is 8.42 Å². The highest BCUT2D eigenvalue weighted by atomic mass is 35.5. The average molecular weight is 319 g/mol. The van der Waals surface area contributed by atoms with E-state index in [1.54, 1.807) is 18.2 Å². The number of rotatable bonds is 3. The minimum atomic E-state index is -3.62. The molecule has 1 aromatic rings. The summed E-state index contributed by atoms with van der Waals surface area (Å²) in [6, 6.07) is 4.86. The lowest BCUT2D eigenvalue weighted by atomic mass is 10.2. The Bertz CT molecular complexity index is 577. The Balaban J connectivity index is 2.38. The van der Waals surface area contributed by atoms with E-state index in [4.69, 9.17) is 22.1 Å². The molecule has 1 saturated heterocycles. The largest absolute Gasteiger partial charge is 0.377 e. The van der Waals surface area contributed by atoms with Crippen LogP contribution in [0, 0.1) is 0 Å². The Kier molecular flexibility index (Phi) is 5.04. The van der Waals surface area contributed by atoms with Crippen molar-refractivity contribution in [2.75, 3.05) is 19.7 Å². The molecule has 0 amide bonds. The lowest BCUT2D eigenvalue weighted by Gasteiger charge is -2.22. The molecule has 1 atom stereocenters. The van der Waals surface area contributed by atoms with Gasteiger partial charge in [0.05, 0.1) is 11.1 Å². The lowest BCUT2D eigenvalue weighted by Crippen LogP contribution is -2.36. The monoisotopic (exact) mass is 318 g/mol. The van der Waals surface area contributed by atoms with Gasteiger partial charge in [-0.3, -0.25) is 0 Å². The second-order valence-corrected chi connectivity index (χ2v) is 7.18. The molecule has 0 aromatic heterocycles. The first kappa shape index (κ1) is 15.7. The fourth-order valence-electron chi connectivity index (χ4n) is 2.19. The standard InChI is InChI=1S/C13H19ClN2O3S/c1-10-9-16(5-2-6-19-10)20(17,18)13-7-11(8-15)3-4-12(13)14/h3-4,7,10H,2,5-6,8-9,15H2,1H3. The Morgan fingerprint density at radius 3 is 2.95 bits per heavy atom. The van der Waals surface area contributed by atoms with Gasteiger partial charge < -0.3 is 10.5 Å². The van der Waals surface area contributed by atoms with Crippen LogP contribution in [-0.2, 0) is 21.3 Å². The van der Waals surface area contributed by atoms with E-state index in [1.165, 1.54) is 4.31 Å². The maximum atomic E-state index is 12.7. The third-order valence-electron chi connectivity index (χ3n) is 3.26. The van der Waals surface area contributed by atoms with Gasteiger partial charge >= 0.3 is 0 Å². The number of nitrogens with zero attached hydrogens (tertiary/aromatic N) is 1. The van der Waals surface area contributed by atoms with Crippen LogP contribution in [0.4, 0.5) is 0 Å². The summed E-state index contributed by atoms with van der Waals surface area (Å²) in [7, 11) is -3.62. The van der Waals surface area contributed by atoms with Crippen LogP contribution in [0.15, 0.2) is 23.1 Å². The number of sulfonamides is 1. The first-order chi connectivity index (χ1) is 9.45. The Hall–Kier alpha value is -0.660. The van der Waals surface area contributed by atoms with Crippen molar-refractivity contribution in [3.8, 4) is 0 Å². The molecule has 0 bridgehead atoms. The van der Waals surface area contributed by atoms with Crippen molar-refractivity contribution in [3.63, 3.8) is 0 Å². The predicted octanol–water partition coefficient (Wildman–Crippen LogP) is 1.60. The van der Waals surface area contributed by atoms with Gasteiger partial charge in [0, 0.05) is 26.2 Å². The maximum Gasteiger partial charge on any atom is 0.244 e. The van der Waals surface area contributed by atoms with Crippen LogP contribution in [0.25, 0.3) is 0 Å². The van der Waals surface area contributed by atoms with Crippen LogP contribution in [-0.4, -0.2) is 38.5 Å². The molecule has 2 N–H and O–H groups in total. The Morgan fingerprint density at radius 2 is 2.25 bits per heavy atom. The zero-order valence-electron chi connectivity index (χ0n) is 11.4. The Morgan fingerprint density at radius 1 is 1.50 bits per heavy atom. The number of ether oxygens (including phenoxy) is 1. The van der Waals surface area contributed by atoms with Crippen molar-refractivity contribution >= 4 is 21.6 Å². The second kappa shape index (κ2) is 6.41. The molecule has 112 valence electrons. The van der Waals surface area contributed by atoms with E-state index in [-0.39, 0.29) is 22.6 Å². The van der Waals surface area contributed by atoms with Gasteiger partial charge in [-0.1, -0.05) is 17.7 Å². The molecular weight excluding hydrogens is 300 g/mol. The van der Waals surface area contributed by atoms with Crippen LogP contribution >= 0.6 is 11.6 Å². The van der Waals surface area contributed by atoms with Gasteiger partial charge in [-0.05, 0) is 31.0 Å². The van der Waals surface area contributed by atoms with Crippen molar-refractivity contribution in [1.29, 1.82) is 0 Å². The van der Waals surface area contributed by atoms with Crippen LogP contribution in [0.1, 0.15) is 18.9 Å². The van der Waals surface area contributed by atoms with Gasteiger partial charge in [0.1, 0.15) is 4.90 Å². The molecular formula is C13H19ClN2O3S. The normalized spacial score (nSPS) is 21.6. The summed E-state index contributed by atoms with van der Waals surface area (Å²) in [5, 5.41) is 0.222. The molecule has 5 nitrogen and oxygen atoms in total. The summed E-state index contributed by atoms with van der Waals surface area (Å²) < 4.78 is 32.4. The van der Waals surface area contributed by atoms with Crippen LogP contribution < -0.4 is 5.73 Å². The first-order valence-corrected chi connectivity index (χ1v) is 8.37. The number of nitrogens with two attached hydrogens (primary N) is 1. The molecule has 1 aromatic carbocycles. The summed E-state index contributed by atoms with van der Waals surface area (Å²) in [6.07, 6.45) is 0.557. The molecule has 0 spiro atoms. The van der Waals surface area contributed by atoms with Gasteiger partial charge in [0.15, 0.2) is 0 Å². The summed E-state index contributed by atoms with van der Waals surface area (Å²) in [5.74, 6) is 0. The molecule has 20 heavy (non-hydrogen) atoms. The SMILES string of the molecule is CC1CN(S(=O)(=O)c2cc(CN)ccc2Cl)CCCO1. The quantitative estimate of drug-likeness (QED) is 0.918. The molecule has 0 radical (unpaired) electrons. The third-order valence-corrected chi connectivity index (χ3v) is 5.61. The van der Waals surface area contributed by atoms with Crippen molar-refractivity contribution in [3.05, 3.63) is 28.8 Å². The lowest BCUT2D eigenvalue weighted by molar-refractivity contribution is 0.0752. The highest BCUT2D eigenvalue weighted by Gasteiger charge is 2.29. The highest BCUT2D eigenvalue weighted by Crippen LogP contribution is 2.27. The van der Waals surface area contributed by atoms with Crippen molar-refractivity contribution in [2.24, 2.45) is 5.73 Å². The average Bonchev–Trinajstić information content (AvgIpc) is 2.64. The summed E-state index contributed by atoms with van der Waals surface area (Å²) >= 11 is 6.06. The molecule has 1 aliphatic heterocycles. The van der Waals surface area contributed by atoms with Gasteiger partial charge in [-0.15, -0.1) is 0 Å². The van der Waals surface area contributed by atoms with Crippen LogP contribution in [0.3, 0.4) is 0 Å². The fourth-order valence-corrected chi connectivity index (χ4v) is 4.26. The van der Waals surface area contributed by atoms with Crippen molar-refractivity contribution in [2.45, 2.75) is 30.9 Å². The van der Waals surface area contributed by atoms with E-state index in [2.05, 4.69) is 0 Å². The molecule has 1 unspecified atom stereocenters.